The summed E-state index contributed by atoms with van der Waals surface area (Å²) >= 11 is 0. The first-order valence-corrected chi connectivity index (χ1v) is 14.0. The maximum atomic E-state index is 13.5. The number of aliphatic hydroxyl groups is 1. The lowest BCUT2D eigenvalue weighted by atomic mass is 9.44. The fourth-order valence-electron chi connectivity index (χ4n) is 9.04. The summed E-state index contributed by atoms with van der Waals surface area (Å²) < 4.78 is 4.96. The molecular weight excluding hydrogens is 456 g/mol. The quantitative estimate of drug-likeness (QED) is 0.554. The molecule has 8 atom stereocenters. The van der Waals surface area contributed by atoms with Crippen molar-refractivity contribution in [2.75, 3.05) is 20.3 Å². The molecule has 1 amide bonds. The van der Waals surface area contributed by atoms with Gasteiger partial charge in [-0.05, 0) is 99.2 Å². The van der Waals surface area contributed by atoms with E-state index in [0.29, 0.717) is 42.2 Å². The molecule has 0 radical (unpaired) electrons. The van der Waals surface area contributed by atoms with Gasteiger partial charge in [0, 0.05) is 19.6 Å². The van der Waals surface area contributed by atoms with Crippen molar-refractivity contribution in [3.63, 3.8) is 0 Å². The van der Waals surface area contributed by atoms with E-state index in [1.165, 1.54) is 30.3 Å². The third-order valence-electron chi connectivity index (χ3n) is 11.0. The van der Waals surface area contributed by atoms with Crippen LogP contribution in [-0.4, -0.2) is 57.7 Å². The Morgan fingerprint density at radius 1 is 1.08 bits per heavy atom. The number of methoxy groups -OCH3 is 1. The third kappa shape index (κ3) is 4.42. The van der Waals surface area contributed by atoms with E-state index in [-0.39, 0.29) is 35.3 Å². The lowest BCUT2D eigenvalue weighted by Crippen LogP contribution is -2.55. The van der Waals surface area contributed by atoms with E-state index in [1.807, 2.05) is 6.92 Å². The molecule has 1 heterocycles. The van der Waals surface area contributed by atoms with Gasteiger partial charge in [-0.1, -0.05) is 13.8 Å². The Morgan fingerprint density at radius 2 is 1.86 bits per heavy atom. The van der Waals surface area contributed by atoms with Gasteiger partial charge in [-0.3, -0.25) is 9.59 Å². The van der Waals surface area contributed by atoms with E-state index < -0.39 is 5.60 Å². The minimum Gasteiger partial charge on any atom is -0.390 e. The molecule has 4 saturated carbocycles. The normalized spacial score (nSPS) is 41.8. The monoisotopic (exact) mass is 500 g/mol. The summed E-state index contributed by atoms with van der Waals surface area (Å²) in [6.45, 7) is 7.87. The highest BCUT2D eigenvalue weighted by Gasteiger charge is 2.61. The summed E-state index contributed by atoms with van der Waals surface area (Å²) in [7, 11) is 1.58. The topological polar surface area (TPSA) is 106 Å². The molecule has 8 heteroatoms. The zero-order valence-corrected chi connectivity index (χ0v) is 22.5. The molecule has 0 unspecified atom stereocenters. The molecule has 0 aliphatic heterocycles. The van der Waals surface area contributed by atoms with E-state index in [2.05, 4.69) is 29.4 Å². The van der Waals surface area contributed by atoms with Gasteiger partial charge in [0.05, 0.1) is 18.4 Å². The number of nitrogens with one attached hydrogen (secondary N) is 1. The molecule has 1 aromatic rings. The van der Waals surface area contributed by atoms with Crippen LogP contribution in [0.25, 0.3) is 0 Å². The second kappa shape index (κ2) is 9.50. The van der Waals surface area contributed by atoms with Crippen molar-refractivity contribution < 1.29 is 19.4 Å². The molecule has 4 aliphatic rings. The Bertz CT molecular complexity index is 992. The van der Waals surface area contributed by atoms with Gasteiger partial charge >= 0.3 is 0 Å². The van der Waals surface area contributed by atoms with Crippen molar-refractivity contribution in [3.8, 4) is 0 Å². The van der Waals surface area contributed by atoms with Crippen LogP contribution >= 0.6 is 0 Å². The van der Waals surface area contributed by atoms with Gasteiger partial charge in [0.2, 0.25) is 0 Å². The fraction of sp³-hybridized carbons (Fsp3) is 0.857. The first-order valence-electron chi connectivity index (χ1n) is 14.0. The highest BCUT2D eigenvalue weighted by Crippen LogP contribution is 2.68. The standard InChI is InChI=1S/C28H44N4O4/c1-26(35)11-12-27(2)18(15-26)5-6-19-20-7-8-22(28(20,3)10-9-21(19)27)24(33)17-32-30-16-23(31-32)25(34)29-13-14-36-4/h16,18-22,35H,5-15,17H2,1-4H3,(H,29,34)/t18-,19+,20+,21+,22-,26-,27+,28+/m1/s1. The summed E-state index contributed by atoms with van der Waals surface area (Å²) in [6, 6.07) is 0. The first-order chi connectivity index (χ1) is 17.1. The summed E-state index contributed by atoms with van der Waals surface area (Å²) in [6.07, 6.45) is 11.3. The average molecular weight is 501 g/mol. The van der Waals surface area contributed by atoms with Gasteiger partial charge in [-0.15, -0.1) is 5.10 Å². The molecule has 0 aromatic carbocycles. The zero-order chi connectivity index (χ0) is 25.7. The maximum absolute atomic E-state index is 13.5. The van der Waals surface area contributed by atoms with Crippen LogP contribution in [0.4, 0.5) is 0 Å². The number of ketones is 1. The molecule has 2 N–H and O–H groups in total. The molecule has 0 spiro atoms. The molecule has 36 heavy (non-hydrogen) atoms. The Balaban J connectivity index is 1.25. The van der Waals surface area contributed by atoms with E-state index >= 15 is 0 Å². The van der Waals surface area contributed by atoms with Crippen LogP contribution in [0.3, 0.4) is 0 Å². The van der Waals surface area contributed by atoms with Gasteiger partial charge in [-0.25, -0.2) is 0 Å². The fourth-order valence-corrected chi connectivity index (χ4v) is 9.04. The highest BCUT2D eigenvalue weighted by atomic mass is 16.5. The lowest BCUT2D eigenvalue weighted by molar-refractivity contribution is -0.151. The molecule has 0 saturated heterocycles. The average Bonchev–Trinajstić information content (AvgIpc) is 3.43. The number of Topliss-reactive ketones (excluding diaryl/α,β-unsaturated/α-hetero) is 1. The third-order valence-corrected chi connectivity index (χ3v) is 11.0. The smallest absolute Gasteiger partial charge is 0.273 e. The minimum atomic E-state index is -0.504. The summed E-state index contributed by atoms with van der Waals surface area (Å²) in [5, 5.41) is 22.0. The molecule has 0 bridgehead atoms. The molecule has 200 valence electrons. The predicted molar refractivity (Wildman–Crippen MR) is 135 cm³/mol. The van der Waals surface area contributed by atoms with Crippen LogP contribution in [0.15, 0.2) is 6.20 Å². The van der Waals surface area contributed by atoms with Crippen molar-refractivity contribution in [1.82, 2.24) is 20.3 Å². The number of aromatic nitrogens is 3. The SMILES string of the molecule is COCCNC(=O)c1cnn(CC(=O)[C@H]2CC[C@H]3[C@@H]4CC[C@@H]5C[C@](C)(O)CC[C@]5(C)[C@H]4CC[C@]23C)n1. The van der Waals surface area contributed by atoms with E-state index in [1.54, 1.807) is 7.11 Å². The summed E-state index contributed by atoms with van der Waals surface area (Å²) in [5.74, 6) is 2.56. The number of nitrogens with zero attached hydrogens (tertiary/aromatic N) is 3. The van der Waals surface area contributed by atoms with Gasteiger partial charge in [0.15, 0.2) is 11.5 Å². The molecule has 1 aromatic heterocycles. The maximum Gasteiger partial charge on any atom is 0.273 e. The van der Waals surface area contributed by atoms with Crippen LogP contribution in [0.2, 0.25) is 0 Å². The minimum absolute atomic E-state index is 0.0334. The van der Waals surface area contributed by atoms with Crippen molar-refractivity contribution in [2.45, 2.75) is 90.7 Å². The Hall–Kier alpha value is -1.80. The zero-order valence-electron chi connectivity index (χ0n) is 22.5. The molecule has 4 aliphatic carbocycles. The Morgan fingerprint density at radius 3 is 2.64 bits per heavy atom. The van der Waals surface area contributed by atoms with Crippen molar-refractivity contribution in [3.05, 3.63) is 11.9 Å². The Labute approximate surface area is 214 Å². The number of carbonyl (C=O) groups excluding carboxylic acids is 2. The lowest BCUT2D eigenvalue weighted by Gasteiger charge is -2.61. The number of hydrogen-bond donors (Lipinski definition) is 2. The van der Waals surface area contributed by atoms with Crippen molar-refractivity contribution in [1.29, 1.82) is 0 Å². The second-order valence-corrected chi connectivity index (χ2v) is 13.0. The van der Waals surface area contributed by atoms with Crippen molar-refractivity contribution >= 4 is 11.7 Å². The van der Waals surface area contributed by atoms with Crippen molar-refractivity contribution in [2.24, 2.45) is 40.4 Å². The van der Waals surface area contributed by atoms with Crippen LogP contribution < -0.4 is 5.32 Å². The van der Waals surface area contributed by atoms with Gasteiger partial charge < -0.3 is 15.2 Å². The molecule has 8 nitrogen and oxygen atoms in total. The molecule has 4 fully saturated rings. The van der Waals surface area contributed by atoms with E-state index in [0.717, 1.165) is 38.5 Å². The first kappa shape index (κ1) is 25.8. The van der Waals surface area contributed by atoms with Crippen LogP contribution in [0, 0.1) is 40.4 Å². The number of ether oxygens (including phenoxy) is 1. The Kier molecular flexibility index (Phi) is 6.82. The van der Waals surface area contributed by atoms with Gasteiger partial charge in [0.25, 0.3) is 5.91 Å². The van der Waals surface area contributed by atoms with Crippen LogP contribution in [0.5, 0.6) is 0 Å². The van der Waals surface area contributed by atoms with Gasteiger partial charge in [0.1, 0.15) is 6.54 Å². The predicted octanol–water partition coefficient (Wildman–Crippen LogP) is 3.63. The summed E-state index contributed by atoms with van der Waals surface area (Å²) in [5.41, 5.74) is 0.0882. The van der Waals surface area contributed by atoms with Crippen LogP contribution in [-0.2, 0) is 16.1 Å². The van der Waals surface area contributed by atoms with Gasteiger partial charge in [-0.2, -0.15) is 9.90 Å². The largest absolute Gasteiger partial charge is 0.390 e. The number of carbonyl (C=O) groups is 2. The number of hydrogen-bond acceptors (Lipinski definition) is 6. The highest BCUT2D eigenvalue weighted by molar-refractivity contribution is 5.91. The van der Waals surface area contributed by atoms with Crippen LogP contribution in [0.1, 0.15) is 89.0 Å². The number of rotatable bonds is 7. The second-order valence-electron chi connectivity index (χ2n) is 13.0. The van der Waals surface area contributed by atoms with E-state index in [4.69, 9.17) is 4.74 Å². The molecular formula is C28H44N4O4. The number of fused-ring (bicyclic) bond motifs is 5. The number of amides is 1. The molecule has 5 rings (SSSR count). The van der Waals surface area contributed by atoms with E-state index in [9.17, 15) is 14.7 Å². The summed E-state index contributed by atoms with van der Waals surface area (Å²) in [4.78, 5) is 27.2.